The van der Waals surface area contributed by atoms with E-state index in [0.29, 0.717) is 15.7 Å². The van der Waals surface area contributed by atoms with Crippen molar-refractivity contribution in [2.75, 3.05) is 5.73 Å². The molecule has 98 valence electrons. The number of anilines is 1. The normalized spacial score (nSPS) is 16.3. The van der Waals surface area contributed by atoms with Crippen molar-refractivity contribution in [1.29, 1.82) is 0 Å². The molecule has 6 heteroatoms. The largest absolute Gasteiger partial charge is 0.398 e. The Labute approximate surface area is 115 Å². The number of nitrogen functional groups attached to an aromatic ring is 1. The number of benzene rings is 1. The highest BCUT2D eigenvalue weighted by Gasteiger charge is 2.22. The first-order valence-corrected chi connectivity index (χ1v) is 7.91. The Hall–Kier alpha value is -0.850. The molecule has 1 aliphatic rings. The summed E-state index contributed by atoms with van der Waals surface area (Å²) in [6.07, 6.45) is 5.44. The molecule has 0 bridgehead atoms. The van der Waals surface area contributed by atoms with E-state index in [2.05, 4.69) is 20.7 Å². The van der Waals surface area contributed by atoms with Crippen LogP contribution in [-0.2, 0) is 10.0 Å². The average molecular weight is 331 g/mol. The van der Waals surface area contributed by atoms with Crippen molar-refractivity contribution >= 4 is 31.6 Å². The molecular weight excluding hydrogens is 316 g/mol. The molecule has 0 saturated carbocycles. The van der Waals surface area contributed by atoms with Crippen molar-refractivity contribution < 1.29 is 8.42 Å². The lowest BCUT2D eigenvalue weighted by molar-refractivity contribution is 0.557. The zero-order chi connectivity index (χ0) is 13.3. The van der Waals surface area contributed by atoms with Crippen molar-refractivity contribution in [2.45, 2.75) is 30.7 Å². The molecule has 0 heterocycles. The van der Waals surface area contributed by atoms with Crippen molar-refractivity contribution in [2.24, 2.45) is 0 Å². The van der Waals surface area contributed by atoms with Crippen molar-refractivity contribution in [3.05, 3.63) is 34.3 Å². The van der Waals surface area contributed by atoms with Crippen molar-refractivity contribution in [3.63, 3.8) is 0 Å². The van der Waals surface area contributed by atoms with Gasteiger partial charge in [-0.1, -0.05) is 12.2 Å². The standard InChI is InChI=1S/C12H15BrN2O2S/c1-8-6-10(13)11(14)7-12(8)18(16,17)15-9-4-2-3-5-9/h2-3,6-7,9,15H,4-5,14H2,1H3. The lowest BCUT2D eigenvalue weighted by Gasteiger charge is -2.15. The van der Waals surface area contributed by atoms with E-state index >= 15 is 0 Å². The minimum atomic E-state index is -3.50. The van der Waals surface area contributed by atoms with E-state index < -0.39 is 10.0 Å². The molecular formula is C12H15BrN2O2S. The second-order valence-electron chi connectivity index (χ2n) is 4.40. The number of sulfonamides is 1. The lowest BCUT2D eigenvalue weighted by Crippen LogP contribution is -2.33. The fourth-order valence-electron chi connectivity index (χ4n) is 1.95. The third-order valence-corrected chi connectivity index (χ3v) is 5.26. The van der Waals surface area contributed by atoms with Gasteiger partial charge in [0.05, 0.1) is 4.90 Å². The minimum absolute atomic E-state index is 0.0423. The molecule has 0 atom stereocenters. The summed E-state index contributed by atoms with van der Waals surface area (Å²) in [5, 5.41) is 0. The predicted octanol–water partition coefficient (Wildman–Crippen LogP) is 2.34. The maximum Gasteiger partial charge on any atom is 0.241 e. The van der Waals surface area contributed by atoms with Crippen LogP contribution >= 0.6 is 15.9 Å². The van der Waals surface area contributed by atoms with Crippen molar-refractivity contribution in [3.8, 4) is 0 Å². The molecule has 0 spiro atoms. The third-order valence-electron chi connectivity index (χ3n) is 2.91. The number of rotatable bonds is 3. The molecule has 0 unspecified atom stereocenters. The van der Waals surface area contributed by atoms with E-state index in [4.69, 9.17) is 5.73 Å². The summed E-state index contributed by atoms with van der Waals surface area (Å²) in [6.45, 7) is 1.76. The molecule has 1 aromatic rings. The summed E-state index contributed by atoms with van der Waals surface area (Å²) in [5.74, 6) is 0. The molecule has 0 aliphatic heterocycles. The summed E-state index contributed by atoms with van der Waals surface area (Å²) < 4.78 is 27.9. The van der Waals surface area contributed by atoms with Gasteiger partial charge in [-0.05, 0) is 53.4 Å². The van der Waals surface area contributed by atoms with Crippen LogP contribution in [0, 0.1) is 6.92 Å². The molecule has 2 rings (SSSR count). The first-order chi connectivity index (χ1) is 8.40. The average Bonchev–Trinajstić information content (AvgIpc) is 2.75. The van der Waals surface area contributed by atoms with E-state index in [1.54, 1.807) is 13.0 Å². The van der Waals surface area contributed by atoms with Gasteiger partial charge < -0.3 is 5.73 Å². The van der Waals surface area contributed by atoms with Crippen LogP contribution in [0.3, 0.4) is 0 Å². The van der Waals surface area contributed by atoms with Crippen LogP contribution in [0.15, 0.2) is 33.7 Å². The third kappa shape index (κ3) is 2.76. The van der Waals surface area contributed by atoms with Crippen LogP contribution in [0.5, 0.6) is 0 Å². The molecule has 3 N–H and O–H groups in total. The van der Waals surface area contributed by atoms with Gasteiger partial charge in [0.2, 0.25) is 10.0 Å². The van der Waals surface area contributed by atoms with Crippen LogP contribution in [-0.4, -0.2) is 14.5 Å². The highest BCUT2D eigenvalue weighted by Crippen LogP contribution is 2.27. The Morgan fingerprint density at radius 1 is 1.33 bits per heavy atom. The summed E-state index contributed by atoms with van der Waals surface area (Å²) in [7, 11) is -3.50. The van der Waals surface area contributed by atoms with Gasteiger partial charge in [-0.15, -0.1) is 0 Å². The number of aryl methyl sites for hydroxylation is 1. The fourth-order valence-corrected chi connectivity index (χ4v) is 3.94. The Morgan fingerprint density at radius 2 is 1.94 bits per heavy atom. The summed E-state index contributed by atoms with van der Waals surface area (Å²) >= 11 is 3.28. The van der Waals surface area contributed by atoms with E-state index in [-0.39, 0.29) is 10.9 Å². The van der Waals surface area contributed by atoms with Gasteiger partial charge in [0.1, 0.15) is 0 Å². The Bertz CT molecular complexity index is 588. The van der Waals surface area contributed by atoms with Crippen LogP contribution in [0.25, 0.3) is 0 Å². The van der Waals surface area contributed by atoms with Gasteiger partial charge >= 0.3 is 0 Å². The van der Waals surface area contributed by atoms with Gasteiger partial charge in [0.15, 0.2) is 0 Å². The van der Waals surface area contributed by atoms with Gasteiger partial charge in [0.25, 0.3) is 0 Å². The highest BCUT2D eigenvalue weighted by molar-refractivity contribution is 9.10. The Morgan fingerprint density at radius 3 is 2.56 bits per heavy atom. The van der Waals surface area contributed by atoms with E-state index in [9.17, 15) is 8.42 Å². The second-order valence-corrected chi connectivity index (χ2v) is 6.94. The maximum absolute atomic E-state index is 12.3. The highest BCUT2D eigenvalue weighted by atomic mass is 79.9. The fraction of sp³-hybridized carbons (Fsp3) is 0.333. The van der Waals surface area contributed by atoms with E-state index in [1.807, 2.05) is 12.2 Å². The quantitative estimate of drug-likeness (QED) is 0.660. The van der Waals surface area contributed by atoms with Gasteiger partial charge in [0, 0.05) is 16.2 Å². The number of hydrogen-bond donors (Lipinski definition) is 2. The molecule has 0 aromatic heterocycles. The number of nitrogens with two attached hydrogens (primary N) is 1. The van der Waals surface area contributed by atoms with Crippen LogP contribution in [0.1, 0.15) is 18.4 Å². The number of nitrogens with one attached hydrogen (secondary N) is 1. The molecule has 18 heavy (non-hydrogen) atoms. The summed E-state index contributed by atoms with van der Waals surface area (Å²) in [5.41, 5.74) is 6.84. The number of hydrogen-bond acceptors (Lipinski definition) is 3. The maximum atomic E-state index is 12.3. The topological polar surface area (TPSA) is 72.2 Å². The first kappa shape index (κ1) is 13.6. The van der Waals surface area contributed by atoms with E-state index in [0.717, 1.165) is 12.8 Å². The first-order valence-electron chi connectivity index (χ1n) is 5.63. The summed E-state index contributed by atoms with van der Waals surface area (Å²) in [6, 6.07) is 3.17. The number of halogens is 1. The molecule has 1 aromatic carbocycles. The molecule has 0 amide bonds. The van der Waals surface area contributed by atoms with Gasteiger partial charge in [-0.2, -0.15) is 0 Å². The van der Waals surface area contributed by atoms with Gasteiger partial charge in [-0.3, -0.25) is 0 Å². The van der Waals surface area contributed by atoms with Crippen LogP contribution in [0.4, 0.5) is 5.69 Å². The SMILES string of the molecule is Cc1cc(Br)c(N)cc1S(=O)(=O)NC1CC=CC1. The Balaban J connectivity index is 2.32. The predicted molar refractivity (Wildman–Crippen MR) is 75.8 cm³/mol. The molecule has 4 nitrogen and oxygen atoms in total. The molecule has 0 fully saturated rings. The monoisotopic (exact) mass is 330 g/mol. The molecule has 0 saturated heterocycles. The summed E-state index contributed by atoms with van der Waals surface area (Å²) in [4.78, 5) is 0.245. The van der Waals surface area contributed by atoms with Crippen LogP contribution < -0.4 is 10.5 Å². The zero-order valence-electron chi connectivity index (χ0n) is 9.98. The van der Waals surface area contributed by atoms with Crippen molar-refractivity contribution in [1.82, 2.24) is 4.72 Å². The smallest absolute Gasteiger partial charge is 0.241 e. The zero-order valence-corrected chi connectivity index (χ0v) is 12.4. The Kier molecular flexibility index (Phi) is 3.79. The molecule has 1 aliphatic carbocycles. The lowest BCUT2D eigenvalue weighted by atomic mass is 10.2. The second kappa shape index (κ2) is 5.03. The van der Waals surface area contributed by atoms with Gasteiger partial charge in [-0.25, -0.2) is 13.1 Å². The molecule has 0 radical (unpaired) electrons. The van der Waals surface area contributed by atoms with Crippen LogP contribution in [0.2, 0.25) is 0 Å². The van der Waals surface area contributed by atoms with E-state index in [1.165, 1.54) is 6.07 Å². The minimum Gasteiger partial charge on any atom is -0.398 e.